The number of hydrogen-bond donors (Lipinski definition) is 3. The molecule has 0 spiro atoms. The van der Waals surface area contributed by atoms with Crippen LogP contribution in [0.15, 0.2) is 30.3 Å². The lowest BCUT2D eigenvalue weighted by Crippen LogP contribution is -2.69. The Bertz CT molecular complexity index is 481. The molecule has 2 amide bonds. The second kappa shape index (κ2) is 12.1. The molecule has 5 N–H and O–H groups in total. The van der Waals surface area contributed by atoms with Crippen molar-refractivity contribution in [1.29, 1.82) is 0 Å². The highest BCUT2D eigenvalue weighted by molar-refractivity contribution is 5.80. The fourth-order valence-electron chi connectivity index (χ4n) is 1.38. The highest BCUT2D eigenvalue weighted by Gasteiger charge is 2.15. The van der Waals surface area contributed by atoms with E-state index in [1.165, 1.54) is 6.92 Å². The number of methoxy groups -OCH3 is 1. The summed E-state index contributed by atoms with van der Waals surface area (Å²) in [5.74, 6) is -1.36. The van der Waals surface area contributed by atoms with Gasteiger partial charge in [-0.05, 0) is 12.5 Å². The van der Waals surface area contributed by atoms with Gasteiger partial charge in [-0.3, -0.25) is 9.59 Å². The van der Waals surface area contributed by atoms with Gasteiger partial charge < -0.3 is 31.0 Å². The Morgan fingerprint density at radius 1 is 1.35 bits per heavy atom. The van der Waals surface area contributed by atoms with Crippen LogP contribution in [0, 0.1) is 0 Å². The van der Waals surface area contributed by atoms with E-state index in [1.807, 2.05) is 35.6 Å². The highest BCUT2D eigenvalue weighted by atomic mass is 16.5. The number of carbonyl (C=O) groups excluding carboxylic acids is 3. The molecular weight excluding hydrogens is 302 g/mol. The molecule has 1 aromatic carbocycles. The van der Waals surface area contributed by atoms with Crippen LogP contribution in [0.2, 0.25) is 0 Å². The molecule has 0 aliphatic heterocycles. The maximum atomic E-state index is 11.5. The molecule has 1 rings (SSSR count). The second-order valence-electron chi connectivity index (χ2n) is 4.68. The Hall–Kier alpha value is -2.45. The Kier molecular flexibility index (Phi) is 10.8. The predicted molar refractivity (Wildman–Crippen MR) is 80.5 cm³/mol. The van der Waals surface area contributed by atoms with Gasteiger partial charge in [-0.1, -0.05) is 30.3 Å². The normalized spacial score (nSPS) is 12.1. The lowest BCUT2D eigenvalue weighted by molar-refractivity contribution is -0.409. The van der Waals surface area contributed by atoms with Gasteiger partial charge in [0.25, 0.3) is 5.91 Å². The van der Waals surface area contributed by atoms with Crippen molar-refractivity contribution in [2.24, 2.45) is 0 Å². The number of quaternary nitrogens is 1. The van der Waals surface area contributed by atoms with Gasteiger partial charge in [-0.25, -0.2) is 0 Å². The third-order valence-corrected chi connectivity index (χ3v) is 2.72. The molecule has 0 radical (unpaired) electrons. The summed E-state index contributed by atoms with van der Waals surface area (Å²) in [6.45, 7) is 2.21. The van der Waals surface area contributed by atoms with Crippen LogP contribution in [0.1, 0.15) is 12.5 Å². The molecule has 0 aliphatic carbocycles. The monoisotopic (exact) mass is 325 g/mol. The molecule has 0 bridgehead atoms. The maximum absolute atomic E-state index is 11.5. The molecule has 0 aromatic heterocycles. The first kappa shape index (κ1) is 20.6. The Labute approximate surface area is 135 Å². The van der Waals surface area contributed by atoms with Crippen LogP contribution in [0.25, 0.3) is 0 Å². The number of carbonyl (C=O) groups is 3. The first-order chi connectivity index (χ1) is 10.9. The number of nitrogens with one attached hydrogen (secondary N) is 2. The van der Waals surface area contributed by atoms with Crippen LogP contribution in [0.4, 0.5) is 0 Å². The van der Waals surface area contributed by atoms with E-state index in [4.69, 9.17) is 4.74 Å². The standard InChI is InChI=1S/C11H16N2O2.C4H7NO3/c1-15-8-10(12)11(14)13-7-9-5-3-2-4-6-9;1-3(4(7)8)5-2-6/h2-6,10H,7-8,12H2,1H3,(H,13,14);2-3H,1H3,(H,5,6)(H,7,8)/t10-;3-/m10/s1. The zero-order chi connectivity index (χ0) is 17.7. The summed E-state index contributed by atoms with van der Waals surface area (Å²) in [6, 6.07) is 8.52. The molecule has 0 heterocycles. The minimum absolute atomic E-state index is 0.0827. The Morgan fingerprint density at radius 2 is 1.96 bits per heavy atom. The van der Waals surface area contributed by atoms with Crippen molar-refractivity contribution in [3.8, 4) is 0 Å². The average molecular weight is 325 g/mol. The van der Waals surface area contributed by atoms with E-state index in [-0.39, 0.29) is 11.9 Å². The van der Waals surface area contributed by atoms with Gasteiger partial charge in [0.15, 0.2) is 6.04 Å². The van der Waals surface area contributed by atoms with Gasteiger partial charge in [0, 0.05) is 13.7 Å². The number of carboxylic acids is 1. The molecule has 128 valence electrons. The minimum Gasteiger partial charge on any atom is -0.548 e. The molecule has 0 unspecified atom stereocenters. The SMILES string of the molecule is COC[C@@H]([NH3+])C(=O)NCc1ccccc1.C[C@H](NC=O)C(=O)[O-]. The number of aliphatic carboxylic acids is 1. The van der Waals surface area contributed by atoms with E-state index in [0.717, 1.165) is 5.56 Å². The topological polar surface area (TPSA) is 135 Å². The Balaban J connectivity index is 0.000000515. The van der Waals surface area contributed by atoms with Crippen LogP contribution >= 0.6 is 0 Å². The minimum atomic E-state index is -1.28. The number of carboxylic acid groups (broad SMARTS) is 1. The van der Waals surface area contributed by atoms with Crippen molar-refractivity contribution in [3.05, 3.63) is 35.9 Å². The zero-order valence-electron chi connectivity index (χ0n) is 13.3. The van der Waals surface area contributed by atoms with Crippen LogP contribution in [0.5, 0.6) is 0 Å². The van der Waals surface area contributed by atoms with Gasteiger partial charge in [0.1, 0.15) is 6.61 Å². The summed E-state index contributed by atoms with van der Waals surface area (Å²) >= 11 is 0. The largest absolute Gasteiger partial charge is 0.548 e. The van der Waals surface area contributed by atoms with Gasteiger partial charge in [-0.2, -0.15) is 0 Å². The third-order valence-electron chi connectivity index (χ3n) is 2.72. The van der Waals surface area contributed by atoms with Crippen LogP contribution < -0.4 is 21.5 Å². The fraction of sp³-hybridized carbons (Fsp3) is 0.400. The van der Waals surface area contributed by atoms with E-state index in [1.54, 1.807) is 7.11 Å². The highest BCUT2D eigenvalue weighted by Crippen LogP contribution is 1.97. The molecule has 0 saturated carbocycles. The summed E-state index contributed by atoms with van der Waals surface area (Å²) in [6.07, 6.45) is 0.320. The molecule has 0 saturated heterocycles. The summed E-state index contributed by atoms with van der Waals surface area (Å²) in [5.41, 5.74) is 4.78. The maximum Gasteiger partial charge on any atom is 0.280 e. The molecule has 8 heteroatoms. The lowest BCUT2D eigenvalue weighted by Gasteiger charge is -2.08. The van der Waals surface area contributed by atoms with E-state index in [9.17, 15) is 19.5 Å². The molecule has 1 aromatic rings. The van der Waals surface area contributed by atoms with Gasteiger partial charge >= 0.3 is 0 Å². The van der Waals surface area contributed by atoms with E-state index in [2.05, 4.69) is 11.1 Å². The molecule has 23 heavy (non-hydrogen) atoms. The average Bonchev–Trinajstić information content (AvgIpc) is 2.54. The van der Waals surface area contributed by atoms with Crippen molar-refractivity contribution in [3.63, 3.8) is 0 Å². The molecule has 0 aliphatic rings. The fourth-order valence-corrected chi connectivity index (χ4v) is 1.38. The van der Waals surface area contributed by atoms with E-state index < -0.39 is 12.0 Å². The predicted octanol–water partition coefficient (Wildman–Crippen LogP) is -2.57. The van der Waals surface area contributed by atoms with Gasteiger partial charge in [0.05, 0.1) is 12.0 Å². The molecule has 0 fully saturated rings. The number of rotatable bonds is 8. The molecule has 8 nitrogen and oxygen atoms in total. The summed E-state index contributed by atoms with van der Waals surface area (Å²) < 4.78 is 4.85. The number of benzene rings is 1. The summed E-state index contributed by atoms with van der Waals surface area (Å²) in [5, 5.41) is 14.6. The molecule has 2 atom stereocenters. The smallest absolute Gasteiger partial charge is 0.280 e. The summed E-state index contributed by atoms with van der Waals surface area (Å²) in [7, 11) is 1.56. The number of amides is 2. The van der Waals surface area contributed by atoms with Crippen LogP contribution in [-0.2, 0) is 25.7 Å². The molecular formula is C15H23N3O5. The van der Waals surface area contributed by atoms with Crippen LogP contribution in [-0.4, -0.2) is 44.1 Å². The summed E-state index contributed by atoms with van der Waals surface area (Å²) in [4.78, 5) is 30.7. The van der Waals surface area contributed by atoms with Gasteiger partial charge in [-0.15, -0.1) is 0 Å². The number of ether oxygens (including phenoxy) is 1. The Morgan fingerprint density at radius 3 is 2.39 bits per heavy atom. The first-order valence-corrected chi connectivity index (χ1v) is 6.96. The van der Waals surface area contributed by atoms with Crippen molar-refractivity contribution in [1.82, 2.24) is 10.6 Å². The van der Waals surface area contributed by atoms with Crippen molar-refractivity contribution in [2.45, 2.75) is 25.6 Å². The van der Waals surface area contributed by atoms with Crippen LogP contribution in [0.3, 0.4) is 0 Å². The second-order valence-corrected chi connectivity index (χ2v) is 4.68. The number of hydrogen-bond acceptors (Lipinski definition) is 5. The lowest BCUT2D eigenvalue weighted by atomic mass is 10.2. The third kappa shape index (κ3) is 9.99. The van der Waals surface area contributed by atoms with Crippen molar-refractivity contribution in [2.75, 3.05) is 13.7 Å². The van der Waals surface area contributed by atoms with Crippen molar-refractivity contribution < 1.29 is 30.0 Å². The van der Waals surface area contributed by atoms with E-state index in [0.29, 0.717) is 19.6 Å². The van der Waals surface area contributed by atoms with Gasteiger partial charge in [0.2, 0.25) is 6.41 Å². The quantitative estimate of drug-likeness (QED) is 0.452. The first-order valence-electron chi connectivity index (χ1n) is 6.96. The zero-order valence-corrected chi connectivity index (χ0v) is 13.3. The van der Waals surface area contributed by atoms with E-state index >= 15 is 0 Å². The van der Waals surface area contributed by atoms with Crippen molar-refractivity contribution >= 4 is 18.3 Å².